The summed E-state index contributed by atoms with van der Waals surface area (Å²) in [6.45, 7) is -0.759. The van der Waals surface area contributed by atoms with E-state index in [9.17, 15) is 27.6 Å². The fourth-order valence-electron chi connectivity index (χ4n) is 1.96. The van der Waals surface area contributed by atoms with Crippen LogP contribution in [0.4, 0.5) is 23.7 Å². The third-order valence-corrected chi connectivity index (χ3v) is 3.43. The number of rotatable bonds is 3. The van der Waals surface area contributed by atoms with Crippen molar-refractivity contribution in [3.05, 3.63) is 28.8 Å². The number of hydrogen-bond acceptors (Lipinski definition) is 3. The summed E-state index contributed by atoms with van der Waals surface area (Å²) < 4.78 is 38.0. The minimum atomic E-state index is -4.59. The van der Waals surface area contributed by atoms with E-state index in [2.05, 4.69) is 5.32 Å². The molecule has 1 saturated heterocycles. The molecule has 23 heavy (non-hydrogen) atoms. The minimum Gasteiger partial charge on any atom is -0.323 e. The third kappa shape index (κ3) is 3.73. The van der Waals surface area contributed by atoms with E-state index in [0.717, 1.165) is 17.0 Å². The first-order chi connectivity index (χ1) is 10.6. The summed E-state index contributed by atoms with van der Waals surface area (Å²) in [6, 6.07) is 1.81. The van der Waals surface area contributed by atoms with E-state index in [4.69, 9.17) is 11.6 Å². The van der Waals surface area contributed by atoms with E-state index < -0.39 is 36.1 Å². The highest BCUT2D eigenvalue weighted by Gasteiger charge is 2.35. The highest BCUT2D eigenvalue weighted by Crippen LogP contribution is 2.33. The van der Waals surface area contributed by atoms with Gasteiger partial charge in [0.25, 0.3) is 5.91 Å². The van der Waals surface area contributed by atoms with Crippen molar-refractivity contribution < 1.29 is 27.6 Å². The second kappa shape index (κ2) is 6.07. The Hall–Kier alpha value is -2.29. The molecular formula is C13H11ClF3N3O3. The maximum absolute atomic E-state index is 12.7. The number of hydrogen-bond donors (Lipinski definition) is 1. The van der Waals surface area contributed by atoms with Gasteiger partial charge in [0, 0.05) is 7.05 Å². The summed E-state index contributed by atoms with van der Waals surface area (Å²) in [6.07, 6.45) is -4.59. The summed E-state index contributed by atoms with van der Waals surface area (Å²) in [5.74, 6) is -1.40. The van der Waals surface area contributed by atoms with Gasteiger partial charge in [-0.3, -0.25) is 14.5 Å². The number of alkyl halides is 3. The van der Waals surface area contributed by atoms with Crippen molar-refractivity contribution in [1.82, 2.24) is 9.80 Å². The zero-order valence-electron chi connectivity index (χ0n) is 11.8. The van der Waals surface area contributed by atoms with Crippen LogP contribution in [0.15, 0.2) is 18.2 Å². The van der Waals surface area contributed by atoms with E-state index >= 15 is 0 Å². The van der Waals surface area contributed by atoms with Crippen LogP contribution < -0.4 is 5.32 Å². The molecule has 1 N–H and O–H groups in total. The van der Waals surface area contributed by atoms with Crippen molar-refractivity contribution >= 4 is 35.1 Å². The molecule has 1 fully saturated rings. The van der Waals surface area contributed by atoms with Gasteiger partial charge in [0.2, 0.25) is 5.91 Å². The Bertz CT molecular complexity index is 678. The van der Waals surface area contributed by atoms with Crippen LogP contribution in [-0.4, -0.2) is 47.8 Å². The number of amides is 4. The van der Waals surface area contributed by atoms with Crippen LogP contribution in [0.25, 0.3) is 0 Å². The van der Waals surface area contributed by atoms with Crippen LogP contribution in [-0.2, 0) is 15.8 Å². The predicted octanol–water partition coefficient (Wildman–Crippen LogP) is 2.19. The van der Waals surface area contributed by atoms with E-state index in [1.54, 1.807) is 0 Å². The Balaban J connectivity index is 2.12. The van der Waals surface area contributed by atoms with Gasteiger partial charge in [-0.1, -0.05) is 11.6 Å². The van der Waals surface area contributed by atoms with Crippen molar-refractivity contribution in [2.24, 2.45) is 0 Å². The molecule has 0 aliphatic carbocycles. The van der Waals surface area contributed by atoms with Crippen LogP contribution in [0.1, 0.15) is 5.56 Å². The standard InChI is InChI=1S/C13H11ClF3N3O3/c1-19-6-11(22)20(12(19)23)5-10(21)18-9-4-7(13(15,16)17)2-3-8(9)14/h2-4H,5-6H2,1H3,(H,18,21). The van der Waals surface area contributed by atoms with E-state index in [-0.39, 0.29) is 17.3 Å². The quantitative estimate of drug-likeness (QED) is 0.850. The summed E-state index contributed by atoms with van der Waals surface area (Å²) >= 11 is 5.75. The topological polar surface area (TPSA) is 69.7 Å². The molecule has 0 spiro atoms. The second-order valence-electron chi connectivity index (χ2n) is 4.86. The molecule has 1 aromatic carbocycles. The number of likely N-dealkylation sites (N-methyl/N-ethyl adjacent to an activating group) is 1. The van der Waals surface area contributed by atoms with Gasteiger partial charge in [-0.2, -0.15) is 13.2 Å². The molecule has 1 aromatic rings. The number of anilines is 1. The Labute approximate surface area is 133 Å². The van der Waals surface area contributed by atoms with E-state index in [1.807, 2.05) is 0 Å². The summed E-state index contributed by atoms with van der Waals surface area (Å²) in [5, 5.41) is 2.08. The molecule has 6 nitrogen and oxygen atoms in total. The predicted molar refractivity (Wildman–Crippen MR) is 74.8 cm³/mol. The van der Waals surface area contributed by atoms with Crippen LogP contribution in [0.5, 0.6) is 0 Å². The van der Waals surface area contributed by atoms with Crippen LogP contribution in [0.3, 0.4) is 0 Å². The molecular weight excluding hydrogens is 339 g/mol. The Morgan fingerprint density at radius 3 is 2.52 bits per heavy atom. The van der Waals surface area contributed by atoms with Crippen molar-refractivity contribution in [1.29, 1.82) is 0 Å². The summed E-state index contributed by atoms with van der Waals surface area (Å²) in [5.41, 5.74) is -1.23. The van der Waals surface area contributed by atoms with Gasteiger partial charge in [-0.15, -0.1) is 0 Å². The van der Waals surface area contributed by atoms with Crippen molar-refractivity contribution in [3.63, 3.8) is 0 Å². The highest BCUT2D eigenvalue weighted by molar-refractivity contribution is 6.33. The van der Waals surface area contributed by atoms with Gasteiger partial charge in [0.1, 0.15) is 13.1 Å². The van der Waals surface area contributed by atoms with Gasteiger partial charge in [-0.25, -0.2) is 4.79 Å². The van der Waals surface area contributed by atoms with Crippen LogP contribution in [0, 0.1) is 0 Å². The Morgan fingerprint density at radius 1 is 1.35 bits per heavy atom. The Morgan fingerprint density at radius 2 is 2.00 bits per heavy atom. The van der Waals surface area contributed by atoms with Crippen molar-refractivity contribution in [3.8, 4) is 0 Å². The van der Waals surface area contributed by atoms with Gasteiger partial charge in [-0.05, 0) is 18.2 Å². The smallest absolute Gasteiger partial charge is 0.323 e. The van der Waals surface area contributed by atoms with Gasteiger partial charge in [0.15, 0.2) is 0 Å². The highest BCUT2D eigenvalue weighted by atomic mass is 35.5. The number of carbonyl (C=O) groups is 3. The van der Waals surface area contributed by atoms with Gasteiger partial charge < -0.3 is 10.2 Å². The molecule has 0 unspecified atom stereocenters. The molecule has 0 bridgehead atoms. The normalized spacial score (nSPS) is 15.3. The average molecular weight is 350 g/mol. The number of imide groups is 1. The molecule has 0 saturated carbocycles. The van der Waals surface area contributed by atoms with Gasteiger partial charge in [0.05, 0.1) is 16.3 Å². The monoisotopic (exact) mass is 349 g/mol. The second-order valence-corrected chi connectivity index (χ2v) is 5.27. The molecule has 0 atom stereocenters. The minimum absolute atomic E-state index is 0.0949. The maximum atomic E-state index is 12.7. The molecule has 1 aliphatic rings. The van der Waals surface area contributed by atoms with Crippen LogP contribution in [0.2, 0.25) is 5.02 Å². The van der Waals surface area contributed by atoms with E-state index in [0.29, 0.717) is 11.0 Å². The average Bonchev–Trinajstić information content (AvgIpc) is 2.66. The fourth-order valence-corrected chi connectivity index (χ4v) is 2.12. The molecule has 0 aromatic heterocycles. The molecule has 4 amide bonds. The van der Waals surface area contributed by atoms with Gasteiger partial charge >= 0.3 is 12.2 Å². The molecule has 124 valence electrons. The zero-order valence-corrected chi connectivity index (χ0v) is 12.5. The number of carbonyl (C=O) groups excluding carboxylic acids is 3. The summed E-state index contributed by atoms with van der Waals surface area (Å²) in [4.78, 5) is 36.9. The number of halogens is 4. The molecule has 1 heterocycles. The maximum Gasteiger partial charge on any atom is 0.416 e. The number of nitrogens with one attached hydrogen (secondary N) is 1. The largest absolute Gasteiger partial charge is 0.416 e. The SMILES string of the molecule is CN1CC(=O)N(CC(=O)Nc2cc(C(F)(F)F)ccc2Cl)C1=O. The fraction of sp³-hybridized carbons (Fsp3) is 0.308. The third-order valence-electron chi connectivity index (χ3n) is 3.10. The molecule has 10 heteroatoms. The first-order valence-electron chi connectivity index (χ1n) is 6.31. The molecule has 0 radical (unpaired) electrons. The summed E-state index contributed by atoms with van der Waals surface area (Å²) in [7, 11) is 1.39. The molecule has 1 aliphatic heterocycles. The number of benzene rings is 1. The lowest BCUT2D eigenvalue weighted by molar-refractivity contribution is -0.137. The number of urea groups is 1. The van der Waals surface area contributed by atoms with Crippen LogP contribution >= 0.6 is 11.6 Å². The van der Waals surface area contributed by atoms with Crippen molar-refractivity contribution in [2.75, 3.05) is 25.5 Å². The van der Waals surface area contributed by atoms with Crippen molar-refractivity contribution in [2.45, 2.75) is 6.18 Å². The lowest BCUT2D eigenvalue weighted by atomic mass is 10.2. The van der Waals surface area contributed by atoms with E-state index in [1.165, 1.54) is 7.05 Å². The number of nitrogens with zero attached hydrogens (tertiary/aromatic N) is 2. The molecule has 2 rings (SSSR count). The lowest BCUT2D eigenvalue weighted by Gasteiger charge is -2.15. The first-order valence-corrected chi connectivity index (χ1v) is 6.69. The first kappa shape index (κ1) is 17.1. The lowest BCUT2D eigenvalue weighted by Crippen LogP contribution is -2.38. The Kier molecular flexibility index (Phi) is 4.51. The zero-order chi connectivity index (χ0) is 17.4.